The lowest BCUT2D eigenvalue weighted by Crippen LogP contribution is -2.15. The minimum atomic E-state index is -1.15. The van der Waals surface area contributed by atoms with Crippen molar-refractivity contribution in [1.29, 1.82) is 0 Å². The maximum Gasteiger partial charge on any atom is 0.339 e. The van der Waals surface area contributed by atoms with Crippen LogP contribution in [0.4, 0.5) is 0 Å². The average molecular weight is 327 g/mol. The Morgan fingerprint density at radius 2 is 2.00 bits per heavy atom. The molecule has 1 N–H and O–H groups in total. The molecule has 0 heterocycles. The first-order valence-electron chi connectivity index (χ1n) is 7.51. The van der Waals surface area contributed by atoms with E-state index in [-0.39, 0.29) is 17.7 Å². The van der Waals surface area contributed by atoms with Gasteiger partial charge in [-0.1, -0.05) is 31.9 Å². The maximum atomic E-state index is 12.0. The van der Waals surface area contributed by atoms with Gasteiger partial charge in [0, 0.05) is 5.02 Å². The summed E-state index contributed by atoms with van der Waals surface area (Å²) >= 11 is 6.30. The van der Waals surface area contributed by atoms with Gasteiger partial charge >= 0.3 is 11.9 Å². The zero-order valence-electron chi connectivity index (χ0n) is 13.5. The molecule has 0 fully saturated rings. The molecule has 0 saturated heterocycles. The van der Waals surface area contributed by atoms with Crippen molar-refractivity contribution in [2.75, 3.05) is 6.61 Å². The highest BCUT2D eigenvalue weighted by atomic mass is 35.5. The number of carbonyl (C=O) groups is 2. The minimum Gasteiger partial charge on any atom is -0.478 e. The number of esters is 1. The zero-order valence-corrected chi connectivity index (χ0v) is 14.3. The number of halogens is 1. The summed E-state index contributed by atoms with van der Waals surface area (Å²) in [5.74, 6) is -1.24. The molecule has 0 aromatic heterocycles. The molecule has 5 heteroatoms. The van der Waals surface area contributed by atoms with Crippen LogP contribution in [0.5, 0.6) is 0 Å². The number of rotatable bonds is 7. The summed E-state index contributed by atoms with van der Waals surface area (Å²) in [5, 5.41) is 9.95. The molecule has 0 bridgehead atoms. The smallest absolute Gasteiger partial charge is 0.339 e. The fourth-order valence-electron chi connectivity index (χ4n) is 2.40. The van der Waals surface area contributed by atoms with Gasteiger partial charge in [-0.25, -0.2) is 9.59 Å². The number of aryl methyl sites for hydroxylation is 1. The van der Waals surface area contributed by atoms with Crippen LogP contribution in [-0.2, 0) is 11.2 Å². The quantitative estimate of drug-likeness (QED) is 0.749. The van der Waals surface area contributed by atoms with Crippen LogP contribution >= 0.6 is 11.6 Å². The van der Waals surface area contributed by atoms with E-state index in [9.17, 15) is 14.7 Å². The summed E-state index contributed by atoms with van der Waals surface area (Å²) in [6, 6.07) is 1.50. The molecule has 1 aromatic carbocycles. The van der Waals surface area contributed by atoms with E-state index >= 15 is 0 Å². The third-order valence-electron chi connectivity index (χ3n) is 3.46. The predicted molar refractivity (Wildman–Crippen MR) is 86.9 cm³/mol. The van der Waals surface area contributed by atoms with E-state index in [0.717, 1.165) is 12.8 Å². The van der Waals surface area contributed by atoms with Crippen molar-refractivity contribution in [1.82, 2.24) is 0 Å². The topological polar surface area (TPSA) is 63.6 Å². The number of hydrogen-bond donors (Lipinski definition) is 1. The molecule has 0 aliphatic heterocycles. The predicted octanol–water partition coefficient (Wildman–Crippen LogP) is 4.50. The Morgan fingerprint density at radius 3 is 2.50 bits per heavy atom. The van der Waals surface area contributed by atoms with E-state index in [1.165, 1.54) is 6.07 Å². The van der Waals surface area contributed by atoms with Gasteiger partial charge in [-0.2, -0.15) is 0 Å². The van der Waals surface area contributed by atoms with Gasteiger partial charge in [-0.3, -0.25) is 0 Å². The summed E-state index contributed by atoms with van der Waals surface area (Å²) in [7, 11) is 0. The van der Waals surface area contributed by atoms with E-state index < -0.39 is 11.9 Å². The highest BCUT2D eigenvalue weighted by molar-refractivity contribution is 6.33. The number of carboxylic acids is 1. The summed E-state index contributed by atoms with van der Waals surface area (Å²) in [4.78, 5) is 23.7. The van der Waals surface area contributed by atoms with Gasteiger partial charge in [0.1, 0.15) is 0 Å². The zero-order chi connectivity index (χ0) is 16.9. The molecule has 0 aliphatic carbocycles. The molecule has 0 amide bonds. The highest BCUT2D eigenvalue weighted by Crippen LogP contribution is 2.30. The van der Waals surface area contributed by atoms with Gasteiger partial charge in [-0.15, -0.1) is 0 Å². The summed E-state index contributed by atoms with van der Waals surface area (Å²) in [6.07, 6.45) is 2.33. The Morgan fingerprint density at radius 1 is 1.36 bits per heavy atom. The average Bonchev–Trinajstić information content (AvgIpc) is 2.42. The van der Waals surface area contributed by atoms with E-state index in [0.29, 0.717) is 28.5 Å². The van der Waals surface area contributed by atoms with Crippen molar-refractivity contribution in [3.8, 4) is 0 Å². The first-order chi connectivity index (χ1) is 10.3. The van der Waals surface area contributed by atoms with Crippen LogP contribution < -0.4 is 0 Å². The van der Waals surface area contributed by atoms with Crippen LogP contribution in [0.25, 0.3) is 0 Å². The monoisotopic (exact) mass is 326 g/mol. The first-order valence-corrected chi connectivity index (χ1v) is 7.89. The molecule has 0 spiro atoms. The maximum absolute atomic E-state index is 12.0. The molecule has 22 heavy (non-hydrogen) atoms. The van der Waals surface area contributed by atoms with Crippen LogP contribution in [0.1, 0.15) is 65.5 Å². The number of aromatic carboxylic acids is 1. The Labute approximate surface area is 136 Å². The van der Waals surface area contributed by atoms with E-state index in [4.69, 9.17) is 16.3 Å². The van der Waals surface area contributed by atoms with E-state index in [1.807, 2.05) is 0 Å². The van der Waals surface area contributed by atoms with E-state index in [2.05, 4.69) is 13.8 Å². The Balaban J connectivity index is 3.32. The minimum absolute atomic E-state index is 0.0298. The molecule has 1 aromatic rings. The highest BCUT2D eigenvalue weighted by Gasteiger charge is 2.25. The molecule has 0 unspecified atom stereocenters. The van der Waals surface area contributed by atoms with Crippen molar-refractivity contribution in [2.24, 2.45) is 5.92 Å². The standard InChI is InChI=1S/C17H23ClO4/c1-5-22-17(21)13-9-11(4)15(18)12(14(13)16(19)20)8-6-7-10(2)3/h9-10H,5-8H2,1-4H3,(H,19,20). The second-order valence-electron chi connectivity index (χ2n) is 5.72. The number of benzene rings is 1. The third kappa shape index (κ3) is 4.47. The lowest BCUT2D eigenvalue weighted by atomic mass is 9.93. The second-order valence-corrected chi connectivity index (χ2v) is 6.10. The molecule has 0 atom stereocenters. The fourth-order valence-corrected chi connectivity index (χ4v) is 2.64. The van der Waals surface area contributed by atoms with Gasteiger partial charge in [0.05, 0.1) is 17.7 Å². The molecule has 1 rings (SSSR count). The van der Waals surface area contributed by atoms with Crippen LogP contribution in [0.3, 0.4) is 0 Å². The van der Waals surface area contributed by atoms with Gasteiger partial charge in [-0.05, 0) is 49.8 Å². The molecule has 0 saturated carbocycles. The Hall–Kier alpha value is -1.55. The molecule has 122 valence electrons. The van der Waals surface area contributed by atoms with Crippen molar-refractivity contribution in [2.45, 2.75) is 47.0 Å². The van der Waals surface area contributed by atoms with Crippen molar-refractivity contribution < 1.29 is 19.4 Å². The van der Waals surface area contributed by atoms with Gasteiger partial charge in [0.15, 0.2) is 0 Å². The SMILES string of the molecule is CCOC(=O)c1cc(C)c(Cl)c(CCCC(C)C)c1C(=O)O. The Bertz CT molecular complexity index is 564. The van der Waals surface area contributed by atoms with E-state index in [1.54, 1.807) is 13.8 Å². The van der Waals surface area contributed by atoms with Crippen LogP contribution in [0.15, 0.2) is 6.07 Å². The number of hydrogen-bond acceptors (Lipinski definition) is 3. The van der Waals surface area contributed by atoms with Crippen molar-refractivity contribution in [3.05, 3.63) is 33.3 Å². The van der Waals surface area contributed by atoms with Gasteiger partial charge in [0.2, 0.25) is 0 Å². The van der Waals surface area contributed by atoms with Gasteiger partial charge in [0.25, 0.3) is 0 Å². The van der Waals surface area contributed by atoms with Crippen LogP contribution in [0.2, 0.25) is 5.02 Å². The summed E-state index contributed by atoms with van der Waals surface area (Å²) in [5.41, 5.74) is 1.26. The summed E-state index contributed by atoms with van der Waals surface area (Å²) < 4.78 is 4.97. The van der Waals surface area contributed by atoms with Crippen molar-refractivity contribution >= 4 is 23.5 Å². The normalized spacial score (nSPS) is 10.8. The lowest BCUT2D eigenvalue weighted by molar-refractivity contribution is 0.0514. The molecule has 0 aliphatic rings. The third-order valence-corrected chi connectivity index (χ3v) is 3.99. The van der Waals surface area contributed by atoms with Crippen molar-refractivity contribution in [3.63, 3.8) is 0 Å². The fraction of sp³-hybridized carbons (Fsp3) is 0.529. The Kier molecular flexibility index (Phi) is 6.88. The number of ether oxygens (including phenoxy) is 1. The molecule has 4 nitrogen and oxygen atoms in total. The first kappa shape index (κ1) is 18.5. The number of carbonyl (C=O) groups excluding carboxylic acids is 1. The second kappa shape index (κ2) is 8.18. The molecular weight excluding hydrogens is 304 g/mol. The summed E-state index contributed by atoms with van der Waals surface area (Å²) in [6.45, 7) is 7.87. The van der Waals surface area contributed by atoms with Crippen LogP contribution in [0, 0.1) is 12.8 Å². The largest absolute Gasteiger partial charge is 0.478 e. The lowest BCUT2D eigenvalue weighted by Gasteiger charge is -2.15. The molecular formula is C17H23ClO4. The van der Waals surface area contributed by atoms with Crippen LogP contribution in [-0.4, -0.2) is 23.7 Å². The number of carboxylic acid groups (broad SMARTS) is 1. The molecule has 0 radical (unpaired) electrons. The van der Waals surface area contributed by atoms with Gasteiger partial charge < -0.3 is 9.84 Å².